The fraction of sp³-hybridized carbons (Fsp3) is 0.353. The molecule has 1 fully saturated rings. The number of anilines is 1. The summed E-state index contributed by atoms with van der Waals surface area (Å²) in [7, 11) is 4.02. The van der Waals surface area contributed by atoms with Gasteiger partial charge in [0.25, 0.3) is 5.90 Å². The van der Waals surface area contributed by atoms with Crippen LogP contribution in [0.1, 0.15) is 5.76 Å². The lowest BCUT2D eigenvalue weighted by molar-refractivity contribution is 0.0723. The topological polar surface area (TPSA) is 50.4 Å². The molecule has 6 nitrogen and oxygen atoms in total. The fourth-order valence-electron chi connectivity index (χ4n) is 2.94. The minimum Gasteiger partial charge on any atom is -0.459 e. The summed E-state index contributed by atoms with van der Waals surface area (Å²) in [6, 6.07) is 9.85. The van der Waals surface area contributed by atoms with Crippen LogP contribution in [0.15, 0.2) is 46.0 Å². The Bertz CT molecular complexity index is 845. The zero-order chi connectivity index (χ0) is 17.4. The van der Waals surface area contributed by atoms with E-state index in [1.807, 2.05) is 26.2 Å². The predicted molar refractivity (Wildman–Crippen MR) is 103 cm³/mol. The number of hydrogen-bond donors (Lipinski definition) is 0. The first kappa shape index (κ1) is 16.8. The molecule has 0 spiro atoms. The molecule has 1 aromatic heterocycles. The molecular weight excluding hydrogens is 357 g/mol. The summed E-state index contributed by atoms with van der Waals surface area (Å²) in [5.74, 6) is 1.06. The molecular formula is C17H20N3O3PS. The summed E-state index contributed by atoms with van der Waals surface area (Å²) in [5.41, 5.74) is 1.94. The number of morpholine rings is 1. The number of aliphatic imine (C=N–C) groups is 1. The first-order valence-corrected chi connectivity index (χ1v) is 10.8. The summed E-state index contributed by atoms with van der Waals surface area (Å²) in [6.07, 6.45) is -0.832. The van der Waals surface area contributed by atoms with Crippen LogP contribution in [0.25, 0.3) is 0 Å². The van der Waals surface area contributed by atoms with Crippen molar-refractivity contribution in [3.8, 4) is 0 Å². The van der Waals surface area contributed by atoms with Crippen molar-refractivity contribution < 1.29 is 13.7 Å². The minimum absolute atomic E-state index is 0.461. The molecule has 3 heterocycles. The van der Waals surface area contributed by atoms with Crippen molar-refractivity contribution in [2.75, 3.05) is 45.3 Å². The highest BCUT2D eigenvalue weighted by Gasteiger charge is 2.38. The number of furan rings is 1. The van der Waals surface area contributed by atoms with Gasteiger partial charge in [-0.1, -0.05) is 0 Å². The molecule has 0 amide bonds. The van der Waals surface area contributed by atoms with Crippen molar-refractivity contribution in [1.82, 2.24) is 4.67 Å². The third-order valence-electron chi connectivity index (χ3n) is 4.30. The average molecular weight is 377 g/mol. The van der Waals surface area contributed by atoms with Crippen molar-refractivity contribution in [2.24, 2.45) is 4.99 Å². The molecule has 0 bridgehead atoms. The van der Waals surface area contributed by atoms with E-state index < -0.39 is 6.42 Å². The molecule has 0 unspecified atom stereocenters. The van der Waals surface area contributed by atoms with Gasteiger partial charge in [-0.05, 0) is 42.1 Å². The Hall–Kier alpha value is -1.66. The smallest absolute Gasteiger partial charge is 0.262 e. The van der Waals surface area contributed by atoms with Crippen LogP contribution in [-0.2, 0) is 21.1 Å². The number of hydrogen-bond acceptors (Lipinski definition) is 6. The summed E-state index contributed by atoms with van der Waals surface area (Å²) in [6.45, 7) is 2.86. The Morgan fingerprint density at radius 2 is 2.00 bits per heavy atom. The van der Waals surface area contributed by atoms with Gasteiger partial charge in [-0.2, -0.15) is 0 Å². The van der Waals surface area contributed by atoms with Crippen LogP contribution >= 0.6 is 6.42 Å². The highest BCUT2D eigenvalue weighted by Crippen LogP contribution is 2.55. The molecule has 8 heteroatoms. The van der Waals surface area contributed by atoms with Gasteiger partial charge in [0.2, 0.25) is 6.42 Å². The maximum Gasteiger partial charge on any atom is 0.262 e. The van der Waals surface area contributed by atoms with Gasteiger partial charge >= 0.3 is 0 Å². The van der Waals surface area contributed by atoms with Crippen LogP contribution in [0.4, 0.5) is 11.4 Å². The molecule has 0 N–H and O–H groups in total. The summed E-state index contributed by atoms with van der Waals surface area (Å²) in [4.78, 5) is 6.75. The Labute approximate surface area is 152 Å². The van der Waals surface area contributed by atoms with Crippen LogP contribution in [0.3, 0.4) is 0 Å². The first-order chi connectivity index (χ1) is 12.1. The zero-order valence-corrected chi connectivity index (χ0v) is 15.9. The Morgan fingerprint density at radius 1 is 1.20 bits per heavy atom. The number of ether oxygens (including phenoxy) is 1. The quantitative estimate of drug-likeness (QED) is 0.767. The van der Waals surface area contributed by atoms with Crippen LogP contribution < -0.4 is 10.2 Å². The van der Waals surface area contributed by atoms with Gasteiger partial charge in [-0.25, -0.2) is 9.66 Å². The lowest BCUT2D eigenvalue weighted by atomic mass is 10.2. The van der Waals surface area contributed by atoms with Gasteiger partial charge < -0.3 is 18.6 Å². The molecule has 0 saturated carbocycles. The lowest BCUT2D eigenvalue weighted by Gasteiger charge is -2.39. The summed E-state index contributed by atoms with van der Waals surface area (Å²) < 4.78 is 19.6. The van der Waals surface area contributed by atoms with Crippen LogP contribution in [0.5, 0.6) is 0 Å². The first-order valence-electron chi connectivity index (χ1n) is 8.15. The number of rotatable bonds is 3. The van der Waals surface area contributed by atoms with Crippen LogP contribution in [-0.4, -0.2) is 51.0 Å². The van der Waals surface area contributed by atoms with Gasteiger partial charge in [0.1, 0.15) is 0 Å². The Kier molecular flexibility index (Phi) is 4.41. The highest BCUT2D eigenvalue weighted by molar-refractivity contribution is 8.15. The van der Waals surface area contributed by atoms with Crippen molar-refractivity contribution in [1.29, 1.82) is 0 Å². The summed E-state index contributed by atoms with van der Waals surface area (Å²) in [5, 5.41) is 0.991. The van der Waals surface area contributed by atoms with Crippen LogP contribution in [0, 0.1) is 0 Å². The van der Waals surface area contributed by atoms with E-state index >= 15 is 0 Å². The third-order valence-corrected chi connectivity index (χ3v) is 8.36. The molecule has 0 aliphatic carbocycles. The van der Waals surface area contributed by atoms with E-state index in [2.05, 4.69) is 27.8 Å². The largest absolute Gasteiger partial charge is 0.459 e. The van der Waals surface area contributed by atoms with E-state index in [9.17, 15) is 0 Å². The van der Waals surface area contributed by atoms with Crippen molar-refractivity contribution >= 4 is 40.8 Å². The number of benzene rings is 1. The number of nitrogens with zero attached hydrogens (tertiary/aromatic N) is 3. The maximum atomic E-state index is 6.32. The van der Waals surface area contributed by atoms with E-state index in [4.69, 9.17) is 30.5 Å². The van der Waals surface area contributed by atoms with Gasteiger partial charge in [0.05, 0.1) is 30.5 Å². The van der Waals surface area contributed by atoms with Gasteiger partial charge in [0.15, 0.2) is 5.76 Å². The van der Waals surface area contributed by atoms with E-state index in [1.54, 1.807) is 6.26 Å². The lowest BCUT2D eigenvalue weighted by Crippen LogP contribution is -2.39. The second-order valence-electron chi connectivity index (χ2n) is 6.14. The molecule has 1 atom stereocenters. The standard InChI is InChI=1S/C17H20N3O3PS/c1-19(2)13-5-6-16-14(12-13)18-17(15-4-3-9-22-15)23-24(16,25)20-7-10-21-11-8-20/h3-6,9,12H,7-8,10-11H2,1-2H3/t24-/m0/s1. The normalized spacial score (nSPS) is 23.5. The van der Waals surface area contributed by atoms with E-state index in [0.29, 0.717) is 24.9 Å². The maximum absolute atomic E-state index is 6.32. The molecule has 0 radical (unpaired) electrons. The zero-order valence-electron chi connectivity index (χ0n) is 14.2. The van der Waals surface area contributed by atoms with Gasteiger partial charge in [-0.15, -0.1) is 0 Å². The Morgan fingerprint density at radius 3 is 2.68 bits per heavy atom. The average Bonchev–Trinajstić information content (AvgIpc) is 3.16. The molecule has 25 heavy (non-hydrogen) atoms. The fourth-order valence-corrected chi connectivity index (χ4v) is 6.35. The van der Waals surface area contributed by atoms with Gasteiger partial charge in [0, 0.05) is 32.9 Å². The van der Waals surface area contributed by atoms with E-state index in [1.165, 1.54) is 0 Å². The monoisotopic (exact) mass is 377 g/mol. The summed E-state index contributed by atoms with van der Waals surface area (Å²) >= 11 is 6.11. The molecule has 2 aliphatic heterocycles. The van der Waals surface area contributed by atoms with Crippen LogP contribution in [0.2, 0.25) is 0 Å². The van der Waals surface area contributed by atoms with Crippen molar-refractivity contribution in [3.63, 3.8) is 0 Å². The minimum atomic E-state index is -2.45. The predicted octanol–water partition coefficient (Wildman–Crippen LogP) is 2.72. The Balaban J connectivity index is 1.84. The van der Waals surface area contributed by atoms with Crippen molar-refractivity contribution in [3.05, 3.63) is 42.4 Å². The van der Waals surface area contributed by atoms with E-state index in [0.717, 1.165) is 29.8 Å². The molecule has 4 rings (SSSR count). The third kappa shape index (κ3) is 3.02. The molecule has 2 aliphatic rings. The molecule has 1 aromatic carbocycles. The highest BCUT2D eigenvalue weighted by atomic mass is 32.4. The molecule has 1 saturated heterocycles. The SMILES string of the molecule is CN(C)c1ccc2c(c1)N=C(c1ccco1)O[P@@]2(=S)N1CCOCC1. The van der Waals surface area contributed by atoms with Gasteiger partial charge in [-0.3, -0.25) is 0 Å². The number of fused-ring (bicyclic) bond motifs is 1. The second kappa shape index (κ2) is 6.57. The molecule has 2 aromatic rings. The van der Waals surface area contributed by atoms with E-state index in [-0.39, 0.29) is 0 Å². The molecule has 132 valence electrons. The second-order valence-corrected chi connectivity index (χ2v) is 9.90. The van der Waals surface area contributed by atoms with Crippen molar-refractivity contribution in [2.45, 2.75) is 0 Å².